The summed E-state index contributed by atoms with van der Waals surface area (Å²) in [6.45, 7) is -0.851. The number of carbonyl (C=O) groups is 1. The van der Waals surface area contributed by atoms with Crippen LogP contribution in [0.3, 0.4) is 0 Å². The second-order valence-electron chi connectivity index (χ2n) is 5.21. The Morgan fingerprint density at radius 3 is 2.39 bits per heavy atom. The number of halogens is 2. The third-order valence-electron chi connectivity index (χ3n) is 3.57. The average Bonchev–Trinajstić information content (AvgIpc) is 2.90. The Hall–Kier alpha value is -2.08. The van der Waals surface area contributed by atoms with Crippen LogP contribution in [0.4, 0.5) is 14.5 Å². The molecule has 1 atom stereocenters. The third-order valence-corrected chi connectivity index (χ3v) is 4.78. The largest absolute Gasteiger partial charge is 0.435 e. The number of amides is 1. The first-order valence-corrected chi connectivity index (χ1v) is 8.14. The van der Waals surface area contributed by atoms with Crippen molar-refractivity contribution in [2.24, 2.45) is 0 Å². The van der Waals surface area contributed by atoms with E-state index in [-0.39, 0.29) is 17.0 Å². The van der Waals surface area contributed by atoms with Crippen LogP contribution < -0.4 is 9.64 Å². The summed E-state index contributed by atoms with van der Waals surface area (Å²) in [6, 6.07) is 14.2. The van der Waals surface area contributed by atoms with Crippen molar-refractivity contribution in [3.05, 3.63) is 59.7 Å². The van der Waals surface area contributed by atoms with E-state index in [9.17, 15) is 13.6 Å². The molecule has 1 fully saturated rings. The Morgan fingerprint density at radius 1 is 1.13 bits per heavy atom. The standard InChI is InChI=1S/C17H15F2NO2S/c1-11-2-6-13(7-3-11)20-15(21)10-23-16(20)12-4-8-14(9-5-12)22-17(18)19/h2-9,16-17H,10H2,1H3. The van der Waals surface area contributed by atoms with Crippen molar-refractivity contribution in [3.63, 3.8) is 0 Å². The predicted octanol–water partition coefficient (Wildman–Crippen LogP) is 4.38. The topological polar surface area (TPSA) is 29.5 Å². The number of aryl methyl sites for hydroxylation is 1. The van der Waals surface area contributed by atoms with Gasteiger partial charge in [0.05, 0.1) is 5.75 Å². The first kappa shape index (κ1) is 15.8. The number of hydrogen-bond acceptors (Lipinski definition) is 3. The van der Waals surface area contributed by atoms with Gasteiger partial charge in [-0.15, -0.1) is 11.8 Å². The number of carbonyl (C=O) groups excluding carboxylic acids is 1. The van der Waals surface area contributed by atoms with E-state index in [1.165, 1.54) is 23.9 Å². The molecule has 0 bridgehead atoms. The van der Waals surface area contributed by atoms with Gasteiger partial charge in [0.2, 0.25) is 5.91 Å². The zero-order valence-corrected chi connectivity index (χ0v) is 13.2. The van der Waals surface area contributed by atoms with Gasteiger partial charge in [0.15, 0.2) is 0 Å². The predicted molar refractivity (Wildman–Crippen MR) is 86.9 cm³/mol. The minimum absolute atomic E-state index is 0.0387. The molecule has 23 heavy (non-hydrogen) atoms. The molecular formula is C17H15F2NO2S. The van der Waals surface area contributed by atoms with E-state index in [1.807, 2.05) is 31.2 Å². The minimum Gasteiger partial charge on any atom is -0.435 e. The Bertz CT molecular complexity index is 689. The molecule has 0 spiro atoms. The summed E-state index contributed by atoms with van der Waals surface area (Å²) in [5, 5.41) is -0.161. The Kier molecular flexibility index (Phi) is 4.52. The Labute approximate surface area is 137 Å². The van der Waals surface area contributed by atoms with Crippen LogP contribution in [0, 0.1) is 6.92 Å². The molecule has 1 unspecified atom stereocenters. The number of nitrogens with zero attached hydrogens (tertiary/aromatic N) is 1. The molecule has 0 aromatic heterocycles. The first-order chi connectivity index (χ1) is 11.0. The molecule has 0 radical (unpaired) electrons. The molecular weight excluding hydrogens is 320 g/mol. The highest BCUT2D eigenvalue weighted by Crippen LogP contribution is 2.42. The fourth-order valence-electron chi connectivity index (χ4n) is 2.47. The lowest BCUT2D eigenvalue weighted by Crippen LogP contribution is -2.27. The first-order valence-electron chi connectivity index (χ1n) is 7.10. The zero-order valence-electron chi connectivity index (χ0n) is 12.4. The molecule has 1 saturated heterocycles. The minimum atomic E-state index is -2.84. The van der Waals surface area contributed by atoms with Gasteiger partial charge in [-0.05, 0) is 36.8 Å². The molecule has 1 aliphatic heterocycles. The SMILES string of the molecule is Cc1ccc(N2C(=O)CSC2c2ccc(OC(F)F)cc2)cc1. The summed E-state index contributed by atoms with van der Waals surface area (Å²) in [5.74, 6) is 0.546. The highest BCUT2D eigenvalue weighted by atomic mass is 32.2. The second-order valence-corrected chi connectivity index (χ2v) is 6.28. The average molecular weight is 335 g/mol. The van der Waals surface area contributed by atoms with E-state index >= 15 is 0 Å². The van der Waals surface area contributed by atoms with Gasteiger partial charge in [0, 0.05) is 5.69 Å². The number of anilines is 1. The molecule has 1 amide bonds. The van der Waals surface area contributed by atoms with E-state index in [4.69, 9.17) is 0 Å². The maximum atomic E-state index is 12.2. The summed E-state index contributed by atoms with van der Waals surface area (Å²) < 4.78 is 28.8. The summed E-state index contributed by atoms with van der Waals surface area (Å²) >= 11 is 1.52. The fraction of sp³-hybridized carbons (Fsp3) is 0.235. The second kappa shape index (κ2) is 6.58. The van der Waals surface area contributed by atoms with Crippen LogP contribution >= 0.6 is 11.8 Å². The lowest BCUT2D eigenvalue weighted by Gasteiger charge is -2.24. The normalized spacial score (nSPS) is 17.8. The van der Waals surface area contributed by atoms with E-state index in [2.05, 4.69) is 4.74 Å². The highest BCUT2D eigenvalue weighted by Gasteiger charge is 2.33. The molecule has 0 aliphatic carbocycles. The quantitative estimate of drug-likeness (QED) is 0.831. The van der Waals surface area contributed by atoms with Crippen LogP contribution in [-0.4, -0.2) is 18.3 Å². The fourth-order valence-corrected chi connectivity index (χ4v) is 3.65. The molecule has 3 nitrogen and oxygen atoms in total. The molecule has 3 rings (SSSR count). The molecule has 0 N–H and O–H groups in total. The molecule has 120 valence electrons. The number of hydrogen-bond donors (Lipinski definition) is 0. The van der Waals surface area contributed by atoms with Crippen molar-refractivity contribution in [2.75, 3.05) is 10.7 Å². The summed E-state index contributed by atoms with van der Waals surface area (Å²) in [7, 11) is 0. The number of alkyl halides is 2. The third kappa shape index (κ3) is 3.47. The van der Waals surface area contributed by atoms with Crippen LogP contribution in [0.15, 0.2) is 48.5 Å². The monoisotopic (exact) mass is 335 g/mol. The van der Waals surface area contributed by atoms with E-state index in [0.717, 1.165) is 16.8 Å². The molecule has 1 aliphatic rings. The molecule has 0 saturated carbocycles. The van der Waals surface area contributed by atoms with Crippen molar-refractivity contribution in [1.82, 2.24) is 0 Å². The van der Waals surface area contributed by atoms with Crippen molar-refractivity contribution >= 4 is 23.4 Å². The van der Waals surface area contributed by atoms with Gasteiger partial charge in [0.25, 0.3) is 0 Å². The van der Waals surface area contributed by atoms with Crippen molar-refractivity contribution in [3.8, 4) is 5.75 Å². The zero-order chi connectivity index (χ0) is 16.4. The van der Waals surface area contributed by atoms with Gasteiger partial charge in [-0.3, -0.25) is 9.69 Å². The molecule has 2 aromatic rings. The van der Waals surface area contributed by atoms with Gasteiger partial charge in [0.1, 0.15) is 11.1 Å². The lowest BCUT2D eigenvalue weighted by atomic mass is 10.1. The maximum absolute atomic E-state index is 12.2. The van der Waals surface area contributed by atoms with Crippen LogP contribution in [-0.2, 0) is 4.79 Å². The van der Waals surface area contributed by atoms with Crippen molar-refractivity contribution in [2.45, 2.75) is 18.9 Å². The summed E-state index contributed by atoms with van der Waals surface area (Å²) in [4.78, 5) is 14.0. The van der Waals surface area contributed by atoms with Gasteiger partial charge in [-0.2, -0.15) is 8.78 Å². The Morgan fingerprint density at radius 2 is 1.78 bits per heavy atom. The van der Waals surface area contributed by atoms with Crippen LogP contribution in [0.2, 0.25) is 0 Å². The van der Waals surface area contributed by atoms with Gasteiger partial charge in [-0.25, -0.2) is 0 Å². The lowest BCUT2D eigenvalue weighted by molar-refractivity contribution is -0.115. The highest BCUT2D eigenvalue weighted by molar-refractivity contribution is 8.00. The molecule has 6 heteroatoms. The van der Waals surface area contributed by atoms with E-state index in [1.54, 1.807) is 17.0 Å². The van der Waals surface area contributed by atoms with Crippen molar-refractivity contribution < 1.29 is 18.3 Å². The van der Waals surface area contributed by atoms with Crippen LogP contribution in [0.25, 0.3) is 0 Å². The van der Waals surface area contributed by atoms with Crippen LogP contribution in [0.1, 0.15) is 16.5 Å². The van der Waals surface area contributed by atoms with E-state index in [0.29, 0.717) is 5.75 Å². The van der Waals surface area contributed by atoms with Crippen molar-refractivity contribution in [1.29, 1.82) is 0 Å². The number of benzene rings is 2. The van der Waals surface area contributed by atoms with Crippen LogP contribution in [0.5, 0.6) is 5.75 Å². The number of rotatable bonds is 4. The molecule has 1 heterocycles. The summed E-state index contributed by atoms with van der Waals surface area (Å²) in [6.07, 6.45) is 0. The number of thioether (sulfide) groups is 1. The van der Waals surface area contributed by atoms with Gasteiger partial charge < -0.3 is 4.74 Å². The smallest absolute Gasteiger partial charge is 0.387 e. The van der Waals surface area contributed by atoms with Gasteiger partial charge in [-0.1, -0.05) is 29.8 Å². The maximum Gasteiger partial charge on any atom is 0.387 e. The van der Waals surface area contributed by atoms with E-state index < -0.39 is 6.61 Å². The van der Waals surface area contributed by atoms with Gasteiger partial charge >= 0.3 is 6.61 Å². The molecule has 2 aromatic carbocycles. The number of ether oxygens (including phenoxy) is 1. The summed E-state index contributed by atoms with van der Waals surface area (Å²) in [5.41, 5.74) is 2.84. The Balaban J connectivity index is 1.85.